The summed E-state index contributed by atoms with van der Waals surface area (Å²) in [6.07, 6.45) is 0. The summed E-state index contributed by atoms with van der Waals surface area (Å²) in [6.45, 7) is 1.85. The molecule has 1 atom stereocenters. The molecule has 0 fully saturated rings. The smallest absolute Gasteiger partial charge is 0.262 e. The number of hydrogen-bond acceptors (Lipinski definition) is 3. The number of benzene rings is 1. The quantitative estimate of drug-likeness (QED) is 0.898. The molecule has 0 saturated carbocycles. The molecule has 0 aliphatic carbocycles. The van der Waals surface area contributed by atoms with Gasteiger partial charge >= 0.3 is 0 Å². The number of nitrogens with one attached hydrogen (secondary N) is 1. The number of rotatable bonds is 4. The van der Waals surface area contributed by atoms with Crippen LogP contribution in [0.1, 0.15) is 22.2 Å². The van der Waals surface area contributed by atoms with Crippen LogP contribution in [0.25, 0.3) is 0 Å². The highest BCUT2D eigenvalue weighted by Gasteiger charge is 2.24. The van der Waals surface area contributed by atoms with Crippen molar-refractivity contribution >= 4 is 33.2 Å². The number of thiophene rings is 1. The van der Waals surface area contributed by atoms with E-state index in [1.54, 1.807) is 6.92 Å². The second kappa shape index (κ2) is 5.86. The van der Waals surface area contributed by atoms with Gasteiger partial charge in [-0.15, -0.1) is 11.3 Å². The van der Waals surface area contributed by atoms with Crippen molar-refractivity contribution in [2.45, 2.75) is 12.5 Å². The Morgan fingerprint density at radius 1 is 1.37 bits per heavy atom. The molecule has 1 aromatic carbocycles. The van der Waals surface area contributed by atoms with Gasteiger partial charge in [0, 0.05) is 4.47 Å². The summed E-state index contributed by atoms with van der Waals surface area (Å²) in [5.74, 6) is -0.182. The average molecular weight is 340 g/mol. The lowest BCUT2D eigenvalue weighted by atomic mass is 9.96. The lowest BCUT2D eigenvalue weighted by molar-refractivity contribution is 0.0527. The molecule has 0 spiro atoms. The first-order chi connectivity index (χ1) is 9.00. The van der Waals surface area contributed by atoms with Crippen LogP contribution in [-0.4, -0.2) is 17.6 Å². The van der Waals surface area contributed by atoms with Gasteiger partial charge in [-0.05, 0) is 39.9 Å². The first-order valence-electron chi connectivity index (χ1n) is 5.80. The van der Waals surface area contributed by atoms with Crippen LogP contribution in [0.3, 0.4) is 0 Å². The normalized spacial score (nSPS) is 13.8. The van der Waals surface area contributed by atoms with Crippen molar-refractivity contribution in [2.24, 2.45) is 0 Å². The van der Waals surface area contributed by atoms with Crippen LogP contribution in [-0.2, 0) is 5.60 Å². The predicted octanol–water partition coefficient (Wildman–Crippen LogP) is 3.15. The standard InChI is InChI=1S/C14H14BrNO2S/c1-14(18,10-5-3-2-4-6-10)9-16-13(17)12-11(15)7-8-19-12/h2-8,18H,9H2,1H3,(H,16,17). The van der Waals surface area contributed by atoms with Gasteiger partial charge in [0.1, 0.15) is 10.5 Å². The summed E-state index contributed by atoms with van der Waals surface area (Å²) < 4.78 is 0.773. The van der Waals surface area contributed by atoms with Gasteiger partial charge in [-0.3, -0.25) is 4.79 Å². The van der Waals surface area contributed by atoms with E-state index in [0.29, 0.717) is 4.88 Å². The summed E-state index contributed by atoms with van der Waals surface area (Å²) in [5.41, 5.74) is -0.304. The Morgan fingerprint density at radius 2 is 2.05 bits per heavy atom. The minimum absolute atomic E-state index is 0.167. The molecule has 1 unspecified atom stereocenters. The Balaban J connectivity index is 2.03. The molecule has 2 N–H and O–H groups in total. The van der Waals surface area contributed by atoms with Gasteiger partial charge in [-0.1, -0.05) is 30.3 Å². The van der Waals surface area contributed by atoms with E-state index in [0.717, 1.165) is 10.0 Å². The zero-order chi connectivity index (χ0) is 13.9. The lowest BCUT2D eigenvalue weighted by Crippen LogP contribution is -2.38. The summed E-state index contributed by atoms with van der Waals surface area (Å²) in [7, 11) is 0. The van der Waals surface area contributed by atoms with Gasteiger partial charge in [0.15, 0.2) is 0 Å². The Bertz CT molecular complexity index is 566. The second-order valence-corrected chi connectivity index (χ2v) is 6.19. The summed E-state index contributed by atoms with van der Waals surface area (Å²) in [4.78, 5) is 12.6. The largest absolute Gasteiger partial charge is 0.384 e. The SMILES string of the molecule is CC(O)(CNC(=O)c1sccc1Br)c1ccccc1. The topological polar surface area (TPSA) is 49.3 Å². The van der Waals surface area contributed by atoms with Crippen LogP contribution in [0.2, 0.25) is 0 Å². The molecule has 0 bridgehead atoms. The van der Waals surface area contributed by atoms with E-state index < -0.39 is 5.60 Å². The third-order valence-electron chi connectivity index (χ3n) is 2.81. The monoisotopic (exact) mass is 339 g/mol. The maximum atomic E-state index is 12.0. The van der Waals surface area contributed by atoms with Crippen molar-refractivity contribution in [3.05, 3.63) is 56.7 Å². The number of halogens is 1. The van der Waals surface area contributed by atoms with Crippen LogP contribution < -0.4 is 5.32 Å². The fourth-order valence-electron chi connectivity index (χ4n) is 1.69. The second-order valence-electron chi connectivity index (χ2n) is 4.42. The number of carbonyl (C=O) groups is 1. The molecule has 1 amide bonds. The number of amides is 1. The van der Waals surface area contributed by atoms with Gasteiger partial charge in [0.05, 0.1) is 6.54 Å². The molecule has 1 heterocycles. The van der Waals surface area contributed by atoms with E-state index >= 15 is 0 Å². The molecule has 19 heavy (non-hydrogen) atoms. The summed E-state index contributed by atoms with van der Waals surface area (Å²) >= 11 is 4.68. The molecule has 3 nitrogen and oxygen atoms in total. The minimum Gasteiger partial charge on any atom is -0.384 e. The van der Waals surface area contributed by atoms with E-state index in [9.17, 15) is 9.90 Å². The van der Waals surface area contributed by atoms with Crippen LogP contribution in [0, 0.1) is 0 Å². The van der Waals surface area contributed by atoms with E-state index in [4.69, 9.17) is 0 Å². The van der Waals surface area contributed by atoms with Gasteiger partial charge in [0.2, 0.25) is 0 Å². The third-order valence-corrected chi connectivity index (χ3v) is 4.65. The van der Waals surface area contributed by atoms with Crippen molar-refractivity contribution in [1.29, 1.82) is 0 Å². The highest BCUT2D eigenvalue weighted by Crippen LogP contribution is 2.23. The van der Waals surface area contributed by atoms with E-state index in [1.807, 2.05) is 41.8 Å². The minimum atomic E-state index is -1.08. The third kappa shape index (κ3) is 3.43. The fraction of sp³-hybridized carbons (Fsp3) is 0.214. The molecule has 2 aromatic rings. The van der Waals surface area contributed by atoms with E-state index in [2.05, 4.69) is 21.2 Å². The van der Waals surface area contributed by atoms with Gasteiger partial charge < -0.3 is 10.4 Å². The van der Waals surface area contributed by atoms with Gasteiger partial charge in [-0.25, -0.2) is 0 Å². The number of carbonyl (C=O) groups excluding carboxylic acids is 1. The van der Waals surface area contributed by atoms with E-state index in [1.165, 1.54) is 11.3 Å². The molecule has 0 aliphatic heterocycles. The summed E-state index contributed by atoms with van der Waals surface area (Å²) in [6, 6.07) is 11.1. The van der Waals surface area contributed by atoms with Crippen molar-refractivity contribution in [3.8, 4) is 0 Å². The molecule has 100 valence electrons. The van der Waals surface area contributed by atoms with Gasteiger partial charge in [0.25, 0.3) is 5.91 Å². The lowest BCUT2D eigenvalue weighted by Gasteiger charge is -2.24. The maximum absolute atomic E-state index is 12.0. The van der Waals surface area contributed by atoms with E-state index in [-0.39, 0.29) is 12.5 Å². The van der Waals surface area contributed by atoms with Crippen molar-refractivity contribution < 1.29 is 9.90 Å². The molecule has 1 aromatic heterocycles. The number of hydrogen-bond donors (Lipinski definition) is 2. The predicted molar refractivity (Wildman–Crippen MR) is 80.4 cm³/mol. The summed E-state index contributed by atoms with van der Waals surface area (Å²) in [5, 5.41) is 15.0. The maximum Gasteiger partial charge on any atom is 0.262 e. The molecular weight excluding hydrogens is 326 g/mol. The van der Waals surface area contributed by atoms with Gasteiger partial charge in [-0.2, -0.15) is 0 Å². The molecular formula is C14H14BrNO2S. The Labute approximate surface area is 124 Å². The number of aliphatic hydroxyl groups is 1. The van der Waals surface area contributed by atoms with Crippen molar-refractivity contribution in [3.63, 3.8) is 0 Å². The van der Waals surface area contributed by atoms with Crippen LogP contribution in [0.15, 0.2) is 46.3 Å². The van der Waals surface area contributed by atoms with Crippen molar-refractivity contribution in [1.82, 2.24) is 5.32 Å². The Morgan fingerprint density at radius 3 is 2.63 bits per heavy atom. The average Bonchev–Trinajstić information content (AvgIpc) is 2.83. The highest BCUT2D eigenvalue weighted by atomic mass is 79.9. The Kier molecular flexibility index (Phi) is 4.39. The van der Waals surface area contributed by atoms with Crippen LogP contribution >= 0.6 is 27.3 Å². The molecule has 0 aliphatic rings. The molecule has 0 saturated heterocycles. The fourth-order valence-corrected chi connectivity index (χ4v) is 3.16. The molecule has 5 heteroatoms. The first-order valence-corrected chi connectivity index (χ1v) is 7.47. The highest BCUT2D eigenvalue weighted by molar-refractivity contribution is 9.10. The first kappa shape index (κ1) is 14.2. The zero-order valence-corrected chi connectivity index (χ0v) is 12.8. The Hall–Kier alpha value is -1.17. The van der Waals surface area contributed by atoms with Crippen LogP contribution in [0.5, 0.6) is 0 Å². The van der Waals surface area contributed by atoms with Crippen molar-refractivity contribution in [2.75, 3.05) is 6.54 Å². The molecule has 0 radical (unpaired) electrons. The molecule has 2 rings (SSSR count). The van der Waals surface area contributed by atoms with Crippen LogP contribution in [0.4, 0.5) is 0 Å². The zero-order valence-electron chi connectivity index (χ0n) is 10.4.